The van der Waals surface area contributed by atoms with E-state index < -0.39 is 0 Å². The molecule has 0 spiro atoms. The number of hydrogen-bond acceptors (Lipinski definition) is 4. The molecule has 1 unspecified atom stereocenters. The molecule has 1 atom stereocenters. The molecule has 1 aromatic heterocycles. The smallest absolute Gasteiger partial charge is 0.307 e. The molecule has 1 aromatic carbocycles. The van der Waals surface area contributed by atoms with Crippen molar-refractivity contribution in [1.29, 1.82) is 0 Å². The predicted molar refractivity (Wildman–Crippen MR) is 92.0 cm³/mol. The van der Waals surface area contributed by atoms with Crippen LogP contribution in [0.4, 0.5) is 0 Å². The number of benzene rings is 1. The van der Waals surface area contributed by atoms with E-state index >= 15 is 0 Å². The molecule has 1 fully saturated rings. The van der Waals surface area contributed by atoms with Crippen molar-refractivity contribution >= 4 is 22.9 Å². The Morgan fingerprint density at radius 1 is 1.36 bits per heavy atom. The SMILES string of the molecule is Cc1csc(=O)n1CCN1CCNCC1c1ccccc1Cl. The first-order valence-electron chi connectivity index (χ1n) is 7.51. The van der Waals surface area contributed by atoms with E-state index in [1.807, 2.05) is 35.1 Å². The molecule has 0 saturated carbocycles. The van der Waals surface area contributed by atoms with Crippen LogP contribution in [0.5, 0.6) is 0 Å². The fourth-order valence-corrected chi connectivity index (χ4v) is 3.99. The van der Waals surface area contributed by atoms with Gasteiger partial charge in [0.1, 0.15) is 0 Å². The number of aryl methyl sites for hydroxylation is 1. The summed E-state index contributed by atoms with van der Waals surface area (Å²) in [5.74, 6) is 0. The molecule has 2 aromatic rings. The van der Waals surface area contributed by atoms with Crippen LogP contribution in [-0.4, -0.2) is 35.6 Å². The van der Waals surface area contributed by atoms with E-state index in [1.54, 1.807) is 0 Å². The fraction of sp³-hybridized carbons (Fsp3) is 0.438. The second-order valence-corrected chi connectivity index (χ2v) is 6.80. The number of nitrogens with zero attached hydrogens (tertiary/aromatic N) is 2. The Labute approximate surface area is 139 Å². The zero-order valence-electron chi connectivity index (χ0n) is 12.6. The van der Waals surface area contributed by atoms with Crippen LogP contribution in [0.1, 0.15) is 17.3 Å². The highest BCUT2D eigenvalue weighted by molar-refractivity contribution is 7.07. The van der Waals surface area contributed by atoms with Crippen LogP contribution in [0.25, 0.3) is 0 Å². The van der Waals surface area contributed by atoms with E-state index in [9.17, 15) is 4.79 Å². The van der Waals surface area contributed by atoms with Gasteiger partial charge >= 0.3 is 4.87 Å². The van der Waals surface area contributed by atoms with Gasteiger partial charge in [0.15, 0.2) is 0 Å². The summed E-state index contributed by atoms with van der Waals surface area (Å²) in [6.07, 6.45) is 0. The predicted octanol–water partition coefficient (Wildman–Crippen LogP) is 2.52. The third-order valence-electron chi connectivity index (χ3n) is 4.21. The Hall–Kier alpha value is -1.14. The van der Waals surface area contributed by atoms with Gasteiger partial charge in [-0.15, -0.1) is 0 Å². The van der Waals surface area contributed by atoms with Crippen molar-refractivity contribution in [3.8, 4) is 0 Å². The summed E-state index contributed by atoms with van der Waals surface area (Å²) in [6.45, 7) is 6.40. The van der Waals surface area contributed by atoms with Crippen LogP contribution in [0.3, 0.4) is 0 Å². The van der Waals surface area contributed by atoms with Gasteiger partial charge in [0.25, 0.3) is 0 Å². The average Bonchev–Trinajstić information content (AvgIpc) is 2.85. The maximum atomic E-state index is 11.8. The number of thiazole rings is 1. The molecule has 1 saturated heterocycles. The lowest BCUT2D eigenvalue weighted by atomic mass is 10.0. The van der Waals surface area contributed by atoms with Crippen molar-refractivity contribution < 1.29 is 0 Å². The molecule has 1 N–H and O–H groups in total. The Bertz CT molecular complexity index is 697. The van der Waals surface area contributed by atoms with Gasteiger partial charge in [-0.1, -0.05) is 41.1 Å². The first kappa shape index (κ1) is 15.7. The molecule has 4 nitrogen and oxygen atoms in total. The minimum atomic E-state index is 0.127. The van der Waals surface area contributed by atoms with E-state index in [1.165, 1.54) is 11.3 Å². The molecule has 0 amide bonds. The molecule has 2 heterocycles. The number of rotatable bonds is 4. The van der Waals surface area contributed by atoms with Gasteiger partial charge in [-0.3, -0.25) is 9.69 Å². The number of nitrogens with one attached hydrogen (secondary N) is 1. The van der Waals surface area contributed by atoms with Crippen molar-refractivity contribution in [2.45, 2.75) is 19.5 Å². The monoisotopic (exact) mass is 337 g/mol. The summed E-state index contributed by atoms with van der Waals surface area (Å²) < 4.78 is 1.86. The Kier molecular flexibility index (Phi) is 4.98. The van der Waals surface area contributed by atoms with Crippen LogP contribution in [0.2, 0.25) is 5.02 Å². The lowest BCUT2D eigenvalue weighted by molar-refractivity contribution is 0.155. The van der Waals surface area contributed by atoms with E-state index in [4.69, 9.17) is 11.6 Å². The highest BCUT2D eigenvalue weighted by atomic mass is 35.5. The van der Waals surface area contributed by atoms with Crippen LogP contribution >= 0.6 is 22.9 Å². The highest BCUT2D eigenvalue weighted by Crippen LogP contribution is 2.28. The normalized spacial score (nSPS) is 19.5. The molecule has 22 heavy (non-hydrogen) atoms. The van der Waals surface area contributed by atoms with E-state index in [-0.39, 0.29) is 10.9 Å². The second kappa shape index (κ2) is 6.96. The summed E-state index contributed by atoms with van der Waals surface area (Å²) in [4.78, 5) is 14.4. The van der Waals surface area contributed by atoms with Gasteiger partial charge in [0.05, 0.1) is 0 Å². The topological polar surface area (TPSA) is 37.3 Å². The number of piperazine rings is 1. The summed E-state index contributed by atoms with van der Waals surface area (Å²) in [6, 6.07) is 8.28. The van der Waals surface area contributed by atoms with Gasteiger partial charge in [-0.05, 0) is 18.6 Å². The van der Waals surface area contributed by atoms with Crippen molar-refractivity contribution in [2.24, 2.45) is 0 Å². The molecule has 0 aliphatic carbocycles. The third kappa shape index (κ3) is 3.27. The molecule has 0 radical (unpaired) electrons. The summed E-state index contributed by atoms with van der Waals surface area (Å²) in [5, 5.41) is 6.17. The molecule has 118 valence electrons. The van der Waals surface area contributed by atoms with Crippen molar-refractivity contribution in [3.63, 3.8) is 0 Å². The summed E-state index contributed by atoms with van der Waals surface area (Å²) in [7, 11) is 0. The molecule has 1 aliphatic rings. The van der Waals surface area contributed by atoms with Crippen molar-refractivity contribution in [2.75, 3.05) is 26.2 Å². The first-order valence-corrected chi connectivity index (χ1v) is 8.76. The van der Waals surface area contributed by atoms with Crippen LogP contribution in [-0.2, 0) is 6.54 Å². The number of aromatic nitrogens is 1. The maximum absolute atomic E-state index is 11.8. The second-order valence-electron chi connectivity index (χ2n) is 5.57. The number of halogens is 1. The maximum Gasteiger partial charge on any atom is 0.307 e. The molecular formula is C16H20ClN3OS. The van der Waals surface area contributed by atoms with E-state index in [2.05, 4.69) is 16.3 Å². The number of hydrogen-bond donors (Lipinski definition) is 1. The van der Waals surface area contributed by atoms with Gasteiger partial charge in [-0.2, -0.15) is 0 Å². The van der Waals surface area contributed by atoms with Gasteiger partial charge in [0, 0.05) is 54.9 Å². The molecule has 3 rings (SSSR count). The minimum Gasteiger partial charge on any atom is -0.314 e. The van der Waals surface area contributed by atoms with Crippen LogP contribution in [0, 0.1) is 6.92 Å². The van der Waals surface area contributed by atoms with Crippen LogP contribution < -0.4 is 10.2 Å². The average molecular weight is 338 g/mol. The zero-order chi connectivity index (χ0) is 15.5. The van der Waals surface area contributed by atoms with E-state index in [0.29, 0.717) is 0 Å². The van der Waals surface area contributed by atoms with Crippen LogP contribution in [0.15, 0.2) is 34.4 Å². The van der Waals surface area contributed by atoms with Crippen molar-refractivity contribution in [1.82, 2.24) is 14.8 Å². The van der Waals surface area contributed by atoms with Crippen molar-refractivity contribution in [3.05, 3.63) is 55.6 Å². The third-order valence-corrected chi connectivity index (χ3v) is 5.43. The van der Waals surface area contributed by atoms with E-state index in [0.717, 1.165) is 49.0 Å². The largest absolute Gasteiger partial charge is 0.314 e. The Morgan fingerprint density at radius 3 is 2.91 bits per heavy atom. The Balaban J connectivity index is 1.76. The Morgan fingerprint density at radius 2 is 2.18 bits per heavy atom. The zero-order valence-corrected chi connectivity index (χ0v) is 14.2. The molecule has 0 bridgehead atoms. The summed E-state index contributed by atoms with van der Waals surface area (Å²) >= 11 is 7.64. The summed E-state index contributed by atoms with van der Waals surface area (Å²) in [5.41, 5.74) is 2.20. The van der Waals surface area contributed by atoms with Gasteiger partial charge in [-0.25, -0.2) is 0 Å². The first-order chi connectivity index (χ1) is 10.7. The molecule has 6 heteroatoms. The minimum absolute atomic E-state index is 0.127. The molecular weight excluding hydrogens is 318 g/mol. The molecule has 1 aliphatic heterocycles. The van der Waals surface area contributed by atoms with Gasteiger partial charge < -0.3 is 9.88 Å². The lowest BCUT2D eigenvalue weighted by Crippen LogP contribution is -2.47. The quantitative estimate of drug-likeness (QED) is 0.931. The van der Waals surface area contributed by atoms with Gasteiger partial charge in [0.2, 0.25) is 0 Å². The lowest BCUT2D eigenvalue weighted by Gasteiger charge is -2.37. The highest BCUT2D eigenvalue weighted by Gasteiger charge is 2.25. The standard InChI is InChI=1S/C16H20ClN3OS/c1-12-11-22-16(21)20(12)9-8-19-7-6-18-10-15(19)13-4-2-3-5-14(13)17/h2-5,11,15,18H,6-10H2,1H3. The fourth-order valence-electron chi connectivity index (χ4n) is 2.97.